The molecule has 7 heteroatoms. The summed E-state index contributed by atoms with van der Waals surface area (Å²) < 4.78 is 9.68. The molecule has 1 aromatic carbocycles. The molecule has 1 saturated heterocycles. The van der Waals surface area contributed by atoms with E-state index in [-0.39, 0.29) is 11.8 Å². The Balaban J connectivity index is 1.51. The van der Waals surface area contributed by atoms with Crippen molar-refractivity contribution in [2.45, 2.75) is 39.2 Å². The van der Waals surface area contributed by atoms with Crippen molar-refractivity contribution in [3.63, 3.8) is 0 Å². The Labute approximate surface area is 181 Å². The topological polar surface area (TPSA) is 64.7 Å². The van der Waals surface area contributed by atoms with E-state index in [9.17, 15) is 4.79 Å². The number of amides is 1. The zero-order chi connectivity index (χ0) is 21.5. The van der Waals surface area contributed by atoms with Crippen LogP contribution in [0.2, 0.25) is 0 Å². The summed E-state index contributed by atoms with van der Waals surface area (Å²) in [5.41, 5.74) is 3.70. The van der Waals surface area contributed by atoms with Gasteiger partial charge >= 0.3 is 0 Å². The molecule has 0 radical (unpaired) electrons. The van der Waals surface area contributed by atoms with Crippen molar-refractivity contribution >= 4 is 22.5 Å². The number of ether oxygens (including phenoxy) is 1. The first-order valence-corrected chi connectivity index (χ1v) is 10.9. The molecule has 1 fully saturated rings. The third-order valence-corrected chi connectivity index (χ3v) is 6.47. The lowest BCUT2D eigenvalue weighted by molar-refractivity contribution is 0.0705. The monoisotopic (exact) mass is 417 g/mol. The minimum absolute atomic E-state index is 0.0847. The normalized spacial score (nSPS) is 16.9. The highest BCUT2D eigenvalue weighted by molar-refractivity contribution is 6.08. The third kappa shape index (κ3) is 3.15. The van der Waals surface area contributed by atoms with Crippen molar-refractivity contribution in [2.75, 3.05) is 20.2 Å². The second-order valence-corrected chi connectivity index (χ2v) is 8.17. The molecule has 4 aromatic rings. The number of rotatable bonds is 4. The first-order valence-electron chi connectivity index (χ1n) is 10.9. The number of aromatic nitrogens is 4. The summed E-state index contributed by atoms with van der Waals surface area (Å²) in [6, 6.07) is 11.9. The van der Waals surface area contributed by atoms with Crippen LogP contribution < -0.4 is 4.74 Å². The first-order chi connectivity index (χ1) is 15.1. The average Bonchev–Trinajstić information content (AvgIpc) is 3.36. The summed E-state index contributed by atoms with van der Waals surface area (Å²) in [6.07, 6.45) is 3.95. The van der Waals surface area contributed by atoms with Crippen LogP contribution in [0.3, 0.4) is 0 Å². The molecule has 0 N–H and O–H groups in total. The van der Waals surface area contributed by atoms with Crippen LogP contribution in [0.15, 0.2) is 42.6 Å². The van der Waals surface area contributed by atoms with Crippen LogP contribution >= 0.6 is 0 Å². The number of piperidine rings is 1. The van der Waals surface area contributed by atoms with E-state index in [0.29, 0.717) is 6.54 Å². The summed E-state index contributed by atoms with van der Waals surface area (Å²) in [5, 5.41) is 9.71. The van der Waals surface area contributed by atoms with Crippen molar-refractivity contribution < 1.29 is 9.53 Å². The van der Waals surface area contributed by atoms with E-state index < -0.39 is 0 Å². The molecule has 160 valence electrons. The second-order valence-electron chi connectivity index (χ2n) is 8.17. The largest absolute Gasteiger partial charge is 0.497 e. The number of methoxy groups -OCH3 is 1. The number of pyridine rings is 1. The Morgan fingerprint density at radius 1 is 1.23 bits per heavy atom. The van der Waals surface area contributed by atoms with Crippen LogP contribution in [0.25, 0.3) is 16.6 Å². The fourth-order valence-electron chi connectivity index (χ4n) is 4.93. The standard InChI is InChI=1S/C24H27N5O2/c1-4-28-16(2)22(19-14-18(31-3)10-11-20(19)28)24(30)27-12-7-8-17(15-27)23-26-25-21-9-5-6-13-29(21)23/h5-6,9-11,13-14,17H,4,7-8,12,15H2,1-3H3/t17-/m1/s1. The molecular weight excluding hydrogens is 390 g/mol. The van der Waals surface area contributed by atoms with E-state index in [2.05, 4.69) is 21.7 Å². The second kappa shape index (κ2) is 7.72. The number of likely N-dealkylation sites (tertiary alicyclic amines) is 1. The van der Waals surface area contributed by atoms with Gasteiger partial charge in [0.1, 0.15) is 11.6 Å². The Morgan fingerprint density at radius 2 is 2.10 bits per heavy atom. The minimum atomic E-state index is 0.0847. The highest BCUT2D eigenvalue weighted by atomic mass is 16.5. The molecule has 0 spiro atoms. The van der Waals surface area contributed by atoms with Crippen molar-refractivity contribution in [3.05, 3.63) is 59.7 Å². The zero-order valence-corrected chi connectivity index (χ0v) is 18.2. The van der Waals surface area contributed by atoms with Crippen molar-refractivity contribution in [1.82, 2.24) is 24.1 Å². The van der Waals surface area contributed by atoms with Crippen LogP contribution in [-0.4, -0.2) is 50.2 Å². The summed E-state index contributed by atoms with van der Waals surface area (Å²) in [4.78, 5) is 15.8. The van der Waals surface area contributed by atoms with Gasteiger partial charge in [-0.05, 0) is 57.0 Å². The Kier molecular flexibility index (Phi) is 4.88. The van der Waals surface area contributed by atoms with Gasteiger partial charge in [-0.2, -0.15) is 0 Å². The highest BCUT2D eigenvalue weighted by Gasteiger charge is 2.31. The number of hydrogen-bond acceptors (Lipinski definition) is 4. The fraction of sp³-hybridized carbons (Fsp3) is 0.375. The van der Waals surface area contributed by atoms with Gasteiger partial charge in [0.2, 0.25) is 0 Å². The lowest BCUT2D eigenvalue weighted by atomic mass is 9.96. The van der Waals surface area contributed by atoms with Gasteiger partial charge in [0.05, 0.1) is 12.7 Å². The third-order valence-electron chi connectivity index (χ3n) is 6.47. The van der Waals surface area contributed by atoms with Crippen LogP contribution in [0, 0.1) is 6.92 Å². The number of benzene rings is 1. The van der Waals surface area contributed by atoms with Gasteiger partial charge in [0.25, 0.3) is 5.91 Å². The van der Waals surface area contributed by atoms with Crippen molar-refractivity contribution in [2.24, 2.45) is 0 Å². The van der Waals surface area contributed by atoms with Gasteiger partial charge in [-0.1, -0.05) is 6.07 Å². The van der Waals surface area contributed by atoms with Gasteiger partial charge in [-0.15, -0.1) is 10.2 Å². The first kappa shape index (κ1) is 19.6. The van der Waals surface area contributed by atoms with Gasteiger partial charge in [0.15, 0.2) is 5.65 Å². The predicted octanol–water partition coefficient (Wildman–Crippen LogP) is 4.04. The van der Waals surface area contributed by atoms with E-state index >= 15 is 0 Å². The number of fused-ring (bicyclic) bond motifs is 2. The number of carbonyl (C=O) groups is 1. The Morgan fingerprint density at radius 3 is 2.90 bits per heavy atom. The molecule has 0 unspecified atom stereocenters. The summed E-state index contributed by atoms with van der Waals surface area (Å²) >= 11 is 0. The molecular formula is C24H27N5O2. The molecule has 1 aliphatic rings. The quantitative estimate of drug-likeness (QED) is 0.503. The van der Waals surface area contributed by atoms with E-state index in [1.165, 1.54) is 0 Å². The molecule has 3 aromatic heterocycles. The Hall–Kier alpha value is -3.35. The molecule has 0 aliphatic carbocycles. The van der Waals surface area contributed by atoms with Gasteiger partial charge in [-0.25, -0.2) is 0 Å². The number of nitrogens with zero attached hydrogens (tertiary/aromatic N) is 5. The maximum atomic E-state index is 13.8. The smallest absolute Gasteiger partial charge is 0.256 e. The average molecular weight is 418 g/mol. The molecule has 7 nitrogen and oxygen atoms in total. The van der Waals surface area contributed by atoms with Crippen molar-refractivity contribution in [3.8, 4) is 5.75 Å². The number of carbonyl (C=O) groups excluding carboxylic acids is 1. The number of hydrogen-bond donors (Lipinski definition) is 0. The minimum Gasteiger partial charge on any atom is -0.497 e. The van der Waals surface area contributed by atoms with Crippen LogP contribution in [0.1, 0.15) is 47.6 Å². The predicted molar refractivity (Wildman–Crippen MR) is 120 cm³/mol. The maximum absolute atomic E-state index is 13.8. The van der Waals surface area contributed by atoms with Gasteiger partial charge in [0, 0.05) is 48.3 Å². The summed E-state index contributed by atoms with van der Waals surface area (Å²) in [5.74, 6) is 1.95. The van der Waals surface area contributed by atoms with Crippen LogP contribution in [0.5, 0.6) is 5.75 Å². The molecule has 4 heterocycles. The Bertz CT molecular complexity index is 1270. The maximum Gasteiger partial charge on any atom is 0.256 e. The SMILES string of the molecule is CCn1c(C)c(C(=O)N2CCC[C@@H](c3nnc4ccccn34)C2)c2cc(OC)ccc21. The highest BCUT2D eigenvalue weighted by Crippen LogP contribution is 2.33. The molecule has 1 atom stereocenters. The molecule has 31 heavy (non-hydrogen) atoms. The molecule has 0 saturated carbocycles. The lowest BCUT2D eigenvalue weighted by Crippen LogP contribution is -2.39. The molecule has 5 rings (SSSR count). The zero-order valence-electron chi connectivity index (χ0n) is 18.2. The fourth-order valence-corrected chi connectivity index (χ4v) is 4.93. The van der Waals surface area contributed by atoms with Gasteiger partial charge in [-0.3, -0.25) is 9.20 Å². The van der Waals surface area contributed by atoms with Gasteiger partial charge < -0.3 is 14.2 Å². The molecule has 1 aliphatic heterocycles. The van der Waals surface area contributed by atoms with E-state index in [1.807, 2.05) is 58.8 Å². The molecule has 1 amide bonds. The van der Waals surface area contributed by atoms with E-state index in [4.69, 9.17) is 4.74 Å². The molecule has 0 bridgehead atoms. The van der Waals surface area contributed by atoms with E-state index in [0.717, 1.165) is 65.3 Å². The lowest BCUT2D eigenvalue weighted by Gasteiger charge is -2.32. The van der Waals surface area contributed by atoms with Crippen molar-refractivity contribution in [1.29, 1.82) is 0 Å². The number of aryl methyl sites for hydroxylation is 1. The van der Waals surface area contributed by atoms with E-state index in [1.54, 1.807) is 7.11 Å². The summed E-state index contributed by atoms with van der Waals surface area (Å²) in [6.45, 7) is 6.37. The van der Waals surface area contributed by atoms with Crippen LogP contribution in [0.4, 0.5) is 0 Å². The van der Waals surface area contributed by atoms with Crippen LogP contribution in [-0.2, 0) is 6.54 Å². The summed E-state index contributed by atoms with van der Waals surface area (Å²) in [7, 11) is 1.66.